The van der Waals surface area contributed by atoms with E-state index in [4.69, 9.17) is 27.9 Å². The van der Waals surface area contributed by atoms with Crippen LogP contribution in [-0.4, -0.2) is 11.7 Å². The summed E-state index contributed by atoms with van der Waals surface area (Å²) in [5, 5.41) is 14.9. The monoisotopic (exact) mass is 387 g/mol. The Kier molecular flexibility index (Phi) is 4.60. The number of ether oxygens (including phenoxy) is 1. The van der Waals surface area contributed by atoms with Crippen molar-refractivity contribution in [2.75, 3.05) is 11.9 Å². The first-order valence-corrected chi connectivity index (χ1v) is 9.33. The van der Waals surface area contributed by atoms with Crippen molar-refractivity contribution in [3.05, 3.63) is 76.3 Å². The van der Waals surface area contributed by atoms with Crippen LogP contribution in [0.1, 0.15) is 29.5 Å². The van der Waals surface area contributed by atoms with Gasteiger partial charge in [-0.25, -0.2) is 0 Å². The van der Waals surface area contributed by atoms with E-state index in [2.05, 4.69) is 30.1 Å². The molecule has 0 radical (unpaired) electrons. The van der Waals surface area contributed by atoms with Crippen LogP contribution in [0.25, 0.3) is 0 Å². The third-order valence-corrected chi connectivity index (χ3v) is 5.60. The van der Waals surface area contributed by atoms with Gasteiger partial charge in [-0.05, 0) is 48.2 Å². The first-order chi connectivity index (χ1) is 12.6. The maximum absolute atomic E-state index is 10.5. The summed E-state index contributed by atoms with van der Waals surface area (Å²) in [4.78, 5) is 0. The van der Waals surface area contributed by atoms with Gasteiger partial charge in [0.15, 0.2) is 0 Å². The highest BCUT2D eigenvalue weighted by atomic mass is 35.5. The van der Waals surface area contributed by atoms with Crippen molar-refractivity contribution < 1.29 is 9.84 Å². The fourth-order valence-corrected chi connectivity index (χ4v) is 4.46. The molecule has 4 rings (SSSR count). The molecule has 2 aromatic rings. The van der Waals surface area contributed by atoms with Crippen LogP contribution in [0.5, 0.6) is 11.5 Å². The average molecular weight is 388 g/mol. The molecule has 0 aromatic heterocycles. The zero-order chi connectivity index (χ0) is 18.3. The number of benzene rings is 2. The van der Waals surface area contributed by atoms with Gasteiger partial charge in [-0.3, -0.25) is 0 Å². The van der Waals surface area contributed by atoms with Crippen LogP contribution >= 0.6 is 23.2 Å². The van der Waals surface area contributed by atoms with Crippen LogP contribution < -0.4 is 10.1 Å². The molecule has 2 aliphatic rings. The molecule has 0 amide bonds. The Balaban J connectivity index is 1.75. The summed E-state index contributed by atoms with van der Waals surface area (Å²) in [5.74, 6) is 1.45. The number of hydrogen-bond donors (Lipinski definition) is 2. The highest BCUT2D eigenvalue weighted by Crippen LogP contribution is 2.52. The van der Waals surface area contributed by atoms with Crippen molar-refractivity contribution in [1.82, 2.24) is 0 Å². The second kappa shape index (κ2) is 6.90. The minimum atomic E-state index is -0.0707. The molecule has 0 fully saturated rings. The Bertz CT molecular complexity index is 894. The molecule has 0 spiro atoms. The lowest BCUT2D eigenvalue weighted by atomic mass is 9.77. The number of hydrogen-bond acceptors (Lipinski definition) is 3. The summed E-state index contributed by atoms with van der Waals surface area (Å²) in [6.45, 7) is 4.17. The van der Waals surface area contributed by atoms with Gasteiger partial charge in [0, 0.05) is 22.2 Å². The summed E-state index contributed by atoms with van der Waals surface area (Å²) >= 11 is 12.3. The number of halogens is 2. The number of fused-ring (bicyclic) bond motifs is 3. The molecule has 134 valence electrons. The van der Waals surface area contributed by atoms with Crippen molar-refractivity contribution in [1.29, 1.82) is 0 Å². The van der Waals surface area contributed by atoms with Gasteiger partial charge in [0.05, 0.1) is 11.1 Å². The van der Waals surface area contributed by atoms with Crippen LogP contribution in [0.2, 0.25) is 10.0 Å². The number of rotatable bonds is 4. The number of phenolic OH excluding ortho intramolecular Hbond substituents is 1. The molecular weight excluding hydrogens is 369 g/mol. The standard InChI is InChI=1S/C21H19Cl2NO2/c1-2-8-26-13-6-7-19-16(11-13)14-4-3-5-15(14)20(24-19)17-9-12(22)10-18(23)21(17)25/h2-4,6-7,9-11,14-15,20,24-25H,1,5,8H2. The third kappa shape index (κ3) is 2.95. The molecule has 1 aliphatic carbocycles. The second-order valence-corrected chi connectivity index (χ2v) is 7.49. The van der Waals surface area contributed by atoms with Gasteiger partial charge >= 0.3 is 0 Å². The number of phenols is 1. The maximum Gasteiger partial charge on any atom is 0.139 e. The Morgan fingerprint density at radius 3 is 2.88 bits per heavy atom. The first kappa shape index (κ1) is 17.3. The molecule has 0 bridgehead atoms. The summed E-state index contributed by atoms with van der Waals surface area (Å²) in [7, 11) is 0. The second-order valence-electron chi connectivity index (χ2n) is 6.65. The van der Waals surface area contributed by atoms with E-state index < -0.39 is 0 Å². The number of aromatic hydroxyl groups is 1. The normalized spacial score (nSPS) is 23.1. The molecule has 3 nitrogen and oxygen atoms in total. The largest absolute Gasteiger partial charge is 0.506 e. The van der Waals surface area contributed by atoms with Gasteiger partial charge in [0.1, 0.15) is 18.1 Å². The molecule has 2 aromatic carbocycles. The SMILES string of the molecule is C=CCOc1ccc2c(c1)C1C=CCC1C(c1cc(Cl)cc(Cl)c1O)N2. The quantitative estimate of drug-likeness (QED) is 0.623. The van der Waals surface area contributed by atoms with Gasteiger partial charge in [-0.15, -0.1) is 0 Å². The molecule has 26 heavy (non-hydrogen) atoms. The highest BCUT2D eigenvalue weighted by Gasteiger charge is 2.39. The first-order valence-electron chi connectivity index (χ1n) is 8.57. The smallest absolute Gasteiger partial charge is 0.139 e. The van der Waals surface area contributed by atoms with Gasteiger partial charge in [0.25, 0.3) is 0 Å². The fourth-order valence-electron chi connectivity index (χ4n) is 3.95. The minimum absolute atomic E-state index is 0.0707. The lowest BCUT2D eigenvalue weighted by Crippen LogP contribution is -2.29. The summed E-state index contributed by atoms with van der Waals surface area (Å²) in [5.41, 5.74) is 2.97. The fraction of sp³-hybridized carbons (Fsp3) is 0.238. The molecule has 0 saturated heterocycles. The Morgan fingerprint density at radius 1 is 1.23 bits per heavy atom. The minimum Gasteiger partial charge on any atom is -0.506 e. The van der Waals surface area contributed by atoms with E-state index in [0.717, 1.165) is 23.4 Å². The van der Waals surface area contributed by atoms with Crippen molar-refractivity contribution in [2.24, 2.45) is 5.92 Å². The van der Waals surface area contributed by atoms with Crippen molar-refractivity contribution in [2.45, 2.75) is 18.4 Å². The Morgan fingerprint density at radius 2 is 2.08 bits per heavy atom. The van der Waals surface area contributed by atoms with Crippen LogP contribution in [0.3, 0.4) is 0 Å². The van der Waals surface area contributed by atoms with Crippen LogP contribution in [0.4, 0.5) is 5.69 Å². The predicted molar refractivity (Wildman–Crippen MR) is 107 cm³/mol. The molecule has 0 saturated carbocycles. The van der Waals surface area contributed by atoms with E-state index in [0.29, 0.717) is 11.6 Å². The van der Waals surface area contributed by atoms with Gasteiger partial charge in [-0.1, -0.05) is 48.0 Å². The predicted octanol–water partition coefficient (Wildman–Crippen LogP) is 6.09. The van der Waals surface area contributed by atoms with Crippen LogP contribution in [0.15, 0.2) is 55.1 Å². The summed E-state index contributed by atoms with van der Waals surface area (Å²) < 4.78 is 5.69. The number of nitrogens with one attached hydrogen (secondary N) is 1. The lowest BCUT2D eigenvalue weighted by Gasteiger charge is -2.38. The zero-order valence-corrected chi connectivity index (χ0v) is 15.6. The molecule has 2 N–H and O–H groups in total. The van der Waals surface area contributed by atoms with Crippen molar-refractivity contribution in [3.8, 4) is 11.5 Å². The molecule has 5 heteroatoms. The molecule has 1 aliphatic heterocycles. The van der Waals surface area contributed by atoms with Gasteiger partial charge in [0.2, 0.25) is 0 Å². The lowest BCUT2D eigenvalue weighted by molar-refractivity contribution is 0.360. The highest BCUT2D eigenvalue weighted by molar-refractivity contribution is 6.35. The maximum atomic E-state index is 10.5. The molecule has 3 atom stereocenters. The summed E-state index contributed by atoms with van der Waals surface area (Å²) in [6.07, 6.45) is 7.08. The molecule has 3 unspecified atom stereocenters. The van der Waals surface area contributed by atoms with E-state index in [-0.39, 0.29) is 28.6 Å². The van der Waals surface area contributed by atoms with Crippen LogP contribution in [-0.2, 0) is 0 Å². The molecule has 1 heterocycles. The van der Waals surface area contributed by atoms with Gasteiger partial charge in [-0.2, -0.15) is 0 Å². The topological polar surface area (TPSA) is 41.5 Å². The summed E-state index contributed by atoms with van der Waals surface area (Å²) in [6, 6.07) is 9.33. The Labute approximate surface area is 162 Å². The third-order valence-electron chi connectivity index (χ3n) is 5.09. The molecular formula is C21H19Cl2NO2. The average Bonchev–Trinajstić information content (AvgIpc) is 3.12. The van der Waals surface area contributed by atoms with Crippen LogP contribution in [0, 0.1) is 5.92 Å². The van der Waals surface area contributed by atoms with Gasteiger partial charge < -0.3 is 15.2 Å². The number of anilines is 1. The number of allylic oxidation sites excluding steroid dienone is 2. The Hall–Kier alpha value is -2.10. The van der Waals surface area contributed by atoms with Crippen molar-refractivity contribution >= 4 is 28.9 Å². The van der Waals surface area contributed by atoms with E-state index >= 15 is 0 Å². The van der Waals surface area contributed by atoms with E-state index in [9.17, 15) is 5.11 Å². The van der Waals surface area contributed by atoms with E-state index in [1.165, 1.54) is 5.56 Å². The van der Waals surface area contributed by atoms with E-state index in [1.807, 2.05) is 12.1 Å². The van der Waals surface area contributed by atoms with E-state index in [1.54, 1.807) is 18.2 Å². The zero-order valence-electron chi connectivity index (χ0n) is 14.1. The van der Waals surface area contributed by atoms with Crippen molar-refractivity contribution in [3.63, 3.8) is 0 Å².